The maximum Gasteiger partial charge on any atom is 0.354 e. The first-order valence-electron chi connectivity index (χ1n) is 4.98. The summed E-state index contributed by atoms with van der Waals surface area (Å²) >= 11 is 0. The number of ether oxygens (including phenoxy) is 1. The first-order chi connectivity index (χ1) is 6.97. The Hall–Kier alpha value is -1.29. The minimum absolute atomic E-state index is 0.0129. The van der Waals surface area contributed by atoms with E-state index in [-0.39, 0.29) is 12.0 Å². The number of nitrogens with two attached hydrogens (primary N) is 1. The van der Waals surface area contributed by atoms with E-state index in [2.05, 4.69) is 0 Å². The molecule has 84 valence electrons. The zero-order valence-electron chi connectivity index (χ0n) is 9.70. The molecule has 1 atom stereocenters. The smallest absolute Gasteiger partial charge is 0.354 e. The number of nitrogens with zero attached hydrogens (tertiary/aromatic N) is 1. The van der Waals surface area contributed by atoms with Crippen LogP contribution in [0.2, 0.25) is 0 Å². The summed E-state index contributed by atoms with van der Waals surface area (Å²) in [6.45, 7) is 6.49. The Morgan fingerprint density at radius 3 is 2.67 bits per heavy atom. The van der Waals surface area contributed by atoms with E-state index in [9.17, 15) is 4.79 Å². The van der Waals surface area contributed by atoms with Crippen molar-refractivity contribution in [2.45, 2.75) is 33.4 Å². The predicted molar refractivity (Wildman–Crippen MR) is 58.9 cm³/mol. The third kappa shape index (κ3) is 2.39. The maximum absolute atomic E-state index is 11.5. The van der Waals surface area contributed by atoms with Crippen LogP contribution in [0.3, 0.4) is 0 Å². The summed E-state index contributed by atoms with van der Waals surface area (Å²) in [5, 5.41) is 0. The predicted octanol–water partition coefficient (Wildman–Crippen LogP) is 1.24. The van der Waals surface area contributed by atoms with Gasteiger partial charge in [-0.25, -0.2) is 4.79 Å². The molecular weight excluding hydrogens is 192 g/mol. The number of carbonyl (C=O) groups excluding carboxylic acids is 1. The molecule has 0 radical (unpaired) electrons. The van der Waals surface area contributed by atoms with Crippen molar-refractivity contribution in [3.05, 3.63) is 23.0 Å². The lowest BCUT2D eigenvalue weighted by Gasteiger charge is -2.12. The largest absolute Gasteiger partial charge is 0.464 e. The molecule has 0 aliphatic carbocycles. The minimum Gasteiger partial charge on any atom is -0.464 e. The Kier molecular flexibility index (Phi) is 3.52. The number of hydrogen-bond acceptors (Lipinski definition) is 3. The lowest BCUT2D eigenvalue weighted by Crippen LogP contribution is -2.25. The molecule has 4 heteroatoms. The summed E-state index contributed by atoms with van der Waals surface area (Å²) in [6, 6.07) is 1.85. The van der Waals surface area contributed by atoms with Gasteiger partial charge in [-0.3, -0.25) is 0 Å². The van der Waals surface area contributed by atoms with Crippen molar-refractivity contribution < 1.29 is 9.53 Å². The molecule has 0 amide bonds. The van der Waals surface area contributed by atoms with Crippen molar-refractivity contribution in [1.29, 1.82) is 0 Å². The van der Waals surface area contributed by atoms with Crippen molar-refractivity contribution in [3.8, 4) is 0 Å². The van der Waals surface area contributed by atoms with Crippen LogP contribution >= 0.6 is 0 Å². The Morgan fingerprint density at radius 1 is 1.60 bits per heavy atom. The molecule has 1 unspecified atom stereocenters. The SMILES string of the molecule is COC(=O)c1cc(C)c(C)n1CC(C)N. The Bertz CT molecular complexity index is 367. The monoisotopic (exact) mass is 210 g/mol. The van der Waals surface area contributed by atoms with Crippen molar-refractivity contribution in [2.24, 2.45) is 5.73 Å². The zero-order chi connectivity index (χ0) is 11.6. The molecule has 0 saturated carbocycles. The van der Waals surface area contributed by atoms with E-state index in [0.29, 0.717) is 12.2 Å². The molecule has 15 heavy (non-hydrogen) atoms. The van der Waals surface area contributed by atoms with Crippen LogP contribution in [0, 0.1) is 13.8 Å². The van der Waals surface area contributed by atoms with Gasteiger partial charge in [0, 0.05) is 18.3 Å². The molecule has 1 aromatic rings. The molecule has 1 heterocycles. The molecular formula is C11H18N2O2. The van der Waals surface area contributed by atoms with Gasteiger partial charge in [-0.1, -0.05) is 0 Å². The zero-order valence-corrected chi connectivity index (χ0v) is 9.70. The van der Waals surface area contributed by atoms with Gasteiger partial charge >= 0.3 is 5.97 Å². The number of aryl methyl sites for hydroxylation is 1. The normalized spacial score (nSPS) is 12.6. The van der Waals surface area contributed by atoms with E-state index >= 15 is 0 Å². The second-order valence-corrected chi connectivity index (χ2v) is 3.88. The van der Waals surface area contributed by atoms with Gasteiger partial charge in [-0.2, -0.15) is 0 Å². The summed E-state index contributed by atoms with van der Waals surface area (Å²) in [5.74, 6) is -0.313. The number of hydrogen-bond donors (Lipinski definition) is 1. The molecule has 0 aliphatic heterocycles. The average molecular weight is 210 g/mol. The first kappa shape index (κ1) is 11.8. The molecule has 4 nitrogen and oxygen atoms in total. The van der Waals surface area contributed by atoms with Crippen LogP contribution in [0.15, 0.2) is 6.07 Å². The number of aromatic nitrogens is 1. The fourth-order valence-electron chi connectivity index (χ4n) is 1.58. The summed E-state index contributed by atoms with van der Waals surface area (Å²) < 4.78 is 6.63. The third-order valence-corrected chi connectivity index (χ3v) is 2.48. The fraction of sp³-hybridized carbons (Fsp3) is 0.545. The van der Waals surface area contributed by atoms with Crippen molar-refractivity contribution in [2.75, 3.05) is 7.11 Å². The van der Waals surface area contributed by atoms with Gasteiger partial charge in [-0.05, 0) is 32.4 Å². The maximum atomic E-state index is 11.5. The van der Waals surface area contributed by atoms with Crippen LogP contribution in [0.4, 0.5) is 0 Å². The molecule has 0 fully saturated rings. The molecule has 0 aromatic carbocycles. The highest BCUT2D eigenvalue weighted by molar-refractivity contribution is 5.88. The Morgan fingerprint density at radius 2 is 2.20 bits per heavy atom. The summed E-state index contributed by atoms with van der Waals surface area (Å²) in [7, 11) is 1.39. The molecule has 2 N–H and O–H groups in total. The van der Waals surface area contributed by atoms with Crippen LogP contribution in [0.25, 0.3) is 0 Å². The van der Waals surface area contributed by atoms with Gasteiger partial charge < -0.3 is 15.0 Å². The topological polar surface area (TPSA) is 57.2 Å². The third-order valence-electron chi connectivity index (χ3n) is 2.48. The Balaban J connectivity index is 3.14. The average Bonchev–Trinajstić information content (AvgIpc) is 2.44. The van der Waals surface area contributed by atoms with E-state index in [4.69, 9.17) is 10.5 Å². The molecule has 0 aliphatic rings. The number of esters is 1. The van der Waals surface area contributed by atoms with Crippen LogP contribution in [0.5, 0.6) is 0 Å². The lowest BCUT2D eigenvalue weighted by atomic mass is 10.3. The van der Waals surface area contributed by atoms with Crippen molar-refractivity contribution in [3.63, 3.8) is 0 Å². The van der Waals surface area contributed by atoms with E-state index in [0.717, 1.165) is 11.3 Å². The van der Waals surface area contributed by atoms with E-state index < -0.39 is 0 Å². The van der Waals surface area contributed by atoms with Crippen LogP contribution in [-0.2, 0) is 11.3 Å². The second-order valence-electron chi connectivity index (χ2n) is 3.88. The summed E-state index contributed by atoms with van der Waals surface area (Å²) in [4.78, 5) is 11.5. The molecule has 1 rings (SSSR count). The quantitative estimate of drug-likeness (QED) is 0.764. The lowest BCUT2D eigenvalue weighted by molar-refractivity contribution is 0.0588. The van der Waals surface area contributed by atoms with Crippen LogP contribution in [0.1, 0.15) is 28.7 Å². The first-order valence-corrected chi connectivity index (χ1v) is 4.98. The van der Waals surface area contributed by atoms with Crippen molar-refractivity contribution >= 4 is 5.97 Å². The highest BCUT2D eigenvalue weighted by Gasteiger charge is 2.16. The van der Waals surface area contributed by atoms with Gasteiger partial charge in [0.2, 0.25) is 0 Å². The summed E-state index contributed by atoms with van der Waals surface area (Å²) in [5.41, 5.74) is 8.46. The molecule has 0 saturated heterocycles. The number of carbonyl (C=O) groups is 1. The molecule has 0 bridgehead atoms. The summed E-state index contributed by atoms with van der Waals surface area (Å²) in [6.07, 6.45) is 0. The number of methoxy groups -OCH3 is 1. The van der Waals surface area contributed by atoms with E-state index in [1.807, 2.05) is 31.4 Å². The molecule has 1 aromatic heterocycles. The second kappa shape index (κ2) is 4.49. The molecule has 0 spiro atoms. The number of rotatable bonds is 3. The Labute approximate surface area is 90.0 Å². The fourth-order valence-corrected chi connectivity index (χ4v) is 1.58. The highest BCUT2D eigenvalue weighted by atomic mass is 16.5. The van der Waals surface area contributed by atoms with Crippen LogP contribution < -0.4 is 5.73 Å². The van der Waals surface area contributed by atoms with E-state index in [1.54, 1.807) is 0 Å². The highest BCUT2D eigenvalue weighted by Crippen LogP contribution is 2.15. The minimum atomic E-state index is -0.313. The standard InChI is InChI=1S/C11H18N2O2/c1-7-5-10(11(14)15-4)13(9(7)3)6-8(2)12/h5,8H,6,12H2,1-4H3. The van der Waals surface area contributed by atoms with Gasteiger partial charge in [-0.15, -0.1) is 0 Å². The van der Waals surface area contributed by atoms with Gasteiger partial charge in [0.25, 0.3) is 0 Å². The van der Waals surface area contributed by atoms with Gasteiger partial charge in [0.05, 0.1) is 7.11 Å². The van der Waals surface area contributed by atoms with Gasteiger partial charge in [0.1, 0.15) is 5.69 Å². The van der Waals surface area contributed by atoms with Gasteiger partial charge in [0.15, 0.2) is 0 Å². The van der Waals surface area contributed by atoms with E-state index in [1.165, 1.54) is 7.11 Å². The van der Waals surface area contributed by atoms with Crippen LogP contribution in [-0.4, -0.2) is 23.7 Å². The van der Waals surface area contributed by atoms with Crippen molar-refractivity contribution in [1.82, 2.24) is 4.57 Å².